The molecule has 6 heteroatoms. The first-order valence-electron chi connectivity index (χ1n) is 3.47. The van der Waals surface area contributed by atoms with Gasteiger partial charge in [-0.05, 0) is 6.07 Å². The van der Waals surface area contributed by atoms with Gasteiger partial charge in [-0.1, -0.05) is 6.07 Å². The van der Waals surface area contributed by atoms with Crippen molar-refractivity contribution in [2.75, 3.05) is 6.38 Å². The van der Waals surface area contributed by atoms with E-state index in [0.717, 1.165) is 6.07 Å². The second kappa shape index (κ2) is 5.93. The van der Waals surface area contributed by atoms with E-state index in [4.69, 9.17) is 5.11 Å². The van der Waals surface area contributed by atoms with Crippen molar-refractivity contribution in [1.82, 2.24) is 0 Å². The summed E-state index contributed by atoms with van der Waals surface area (Å²) in [5, 5.41) is 18.7. The fourth-order valence-electron chi connectivity index (χ4n) is 0.753. The molecule has 0 saturated carbocycles. The average Bonchev–Trinajstić information content (AvgIpc) is 2.21. The van der Waals surface area contributed by atoms with E-state index in [1.54, 1.807) is 0 Å². The van der Waals surface area contributed by atoms with Gasteiger partial charge >= 0.3 is 5.97 Å². The van der Waals surface area contributed by atoms with Gasteiger partial charge in [-0.25, -0.2) is 4.79 Å². The Morgan fingerprint density at radius 1 is 1.50 bits per heavy atom. The van der Waals surface area contributed by atoms with E-state index in [9.17, 15) is 14.9 Å². The molecule has 0 aliphatic carbocycles. The van der Waals surface area contributed by atoms with Crippen LogP contribution in [0.3, 0.4) is 0 Å². The summed E-state index contributed by atoms with van der Waals surface area (Å²) in [7, 11) is 0. The quantitative estimate of drug-likeness (QED) is 0.468. The second-order valence-electron chi connectivity index (χ2n) is 2.11. The fourth-order valence-corrected chi connectivity index (χ4v) is 0.753. The normalized spacial score (nSPS) is 8.43. The van der Waals surface area contributed by atoms with E-state index in [2.05, 4.69) is 11.6 Å². The number of hydrogen-bond acceptors (Lipinski definition) is 3. The minimum absolute atomic E-state index is 0.0794. The zero-order chi connectivity index (χ0) is 11.1. The summed E-state index contributed by atoms with van der Waals surface area (Å²) in [6, 6.07) is 4.89. The Labute approximate surface area is 85.1 Å². The van der Waals surface area contributed by atoms with E-state index in [1.807, 2.05) is 0 Å². The number of hydrogen-bond donors (Lipinski definition) is 1. The minimum Gasteiger partial charge on any atom is -0.478 e. The summed E-state index contributed by atoms with van der Waals surface area (Å²) in [6.45, 7) is 0. The van der Waals surface area contributed by atoms with Crippen molar-refractivity contribution >= 4 is 23.3 Å². The molecule has 0 bridgehead atoms. The van der Waals surface area contributed by atoms with Crippen molar-refractivity contribution in [2.24, 2.45) is 0 Å². The van der Waals surface area contributed by atoms with E-state index in [0.29, 0.717) is 0 Å². The van der Waals surface area contributed by atoms with E-state index >= 15 is 0 Å². The Morgan fingerprint density at radius 3 is 2.50 bits per heavy atom. The number of rotatable bonds is 2. The van der Waals surface area contributed by atoms with Crippen LogP contribution in [0.2, 0.25) is 0 Å². The molecule has 0 saturated heterocycles. The molecule has 0 radical (unpaired) electrons. The molecule has 0 aliphatic rings. The number of non-ortho nitro benzene ring substituents is 1. The number of halogens is 1. The Balaban J connectivity index is 0.000000791. The molecule has 0 amide bonds. The molecular weight excluding hydrogens is 210 g/mol. The highest BCUT2D eigenvalue weighted by Gasteiger charge is 2.08. The van der Waals surface area contributed by atoms with Gasteiger partial charge in [0.05, 0.1) is 10.5 Å². The summed E-state index contributed by atoms with van der Waals surface area (Å²) in [4.78, 5) is 19.9. The first kappa shape index (κ1) is 12.4. The maximum atomic E-state index is 10.4. The van der Waals surface area contributed by atoms with Gasteiger partial charge in [0.15, 0.2) is 0 Å². The molecule has 0 aromatic heterocycles. The first-order valence-corrected chi connectivity index (χ1v) is 4.22. The van der Waals surface area contributed by atoms with Crippen molar-refractivity contribution < 1.29 is 14.8 Å². The fraction of sp³-hybridized carbons (Fsp3) is 0.125. The molecule has 0 atom stereocenters. The van der Waals surface area contributed by atoms with Crippen LogP contribution in [0.5, 0.6) is 0 Å². The number of carboxylic acid groups (broad SMARTS) is 1. The second-order valence-corrected chi connectivity index (χ2v) is 2.11. The summed E-state index contributed by atoms with van der Waals surface area (Å²) >= 11 is 4.64. The minimum atomic E-state index is -1.17. The number of benzene rings is 1. The van der Waals surface area contributed by atoms with Gasteiger partial charge in [-0.2, -0.15) is 0 Å². The number of aromatic carboxylic acids is 1. The SMILES string of the molecule is CCl.O=C(O)c1cccc([N+](=O)[O-])c1. The largest absolute Gasteiger partial charge is 0.478 e. The lowest BCUT2D eigenvalue weighted by atomic mass is 10.2. The predicted octanol–water partition coefficient (Wildman–Crippen LogP) is 2.15. The standard InChI is InChI=1S/C7H5NO4.CH3Cl/c9-7(10)5-2-1-3-6(4-5)8(11)12;1-2/h1-4H,(H,9,10);1H3. The van der Waals surface area contributed by atoms with E-state index in [1.165, 1.54) is 24.6 Å². The van der Waals surface area contributed by atoms with Gasteiger partial charge in [0.2, 0.25) is 0 Å². The number of carbonyl (C=O) groups is 1. The smallest absolute Gasteiger partial charge is 0.335 e. The molecule has 1 aromatic carbocycles. The molecule has 0 unspecified atom stereocenters. The van der Waals surface area contributed by atoms with Crippen molar-refractivity contribution in [1.29, 1.82) is 0 Å². The van der Waals surface area contributed by atoms with Crippen LogP contribution >= 0.6 is 11.6 Å². The van der Waals surface area contributed by atoms with E-state index in [-0.39, 0.29) is 11.3 Å². The Kier molecular flexibility index (Phi) is 5.24. The van der Waals surface area contributed by atoms with Crippen LogP contribution in [0, 0.1) is 10.1 Å². The Hall–Kier alpha value is -1.62. The molecule has 0 heterocycles. The monoisotopic (exact) mass is 217 g/mol. The molecular formula is C8H8ClNO4. The lowest BCUT2D eigenvalue weighted by Crippen LogP contribution is -1.97. The van der Waals surface area contributed by atoms with Crippen LogP contribution in [0.4, 0.5) is 5.69 Å². The molecule has 14 heavy (non-hydrogen) atoms. The number of alkyl halides is 1. The van der Waals surface area contributed by atoms with Crippen LogP contribution in [-0.4, -0.2) is 22.4 Å². The Bertz CT molecular complexity index is 311. The highest BCUT2D eigenvalue weighted by molar-refractivity contribution is 6.15. The van der Waals surface area contributed by atoms with Crippen LogP contribution in [-0.2, 0) is 0 Å². The number of nitrogens with zero attached hydrogens (tertiary/aromatic N) is 1. The third-order valence-electron chi connectivity index (χ3n) is 1.30. The number of nitro groups is 1. The zero-order valence-electron chi connectivity index (χ0n) is 7.31. The van der Waals surface area contributed by atoms with Crippen LogP contribution < -0.4 is 0 Å². The number of carboxylic acids is 1. The van der Waals surface area contributed by atoms with Crippen molar-refractivity contribution in [3.63, 3.8) is 0 Å². The van der Waals surface area contributed by atoms with Crippen LogP contribution in [0.1, 0.15) is 10.4 Å². The average molecular weight is 218 g/mol. The third-order valence-corrected chi connectivity index (χ3v) is 1.30. The van der Waals surface area contributed by atoms with Crippen LogP contribution in [0.15, 0.2) is 24.3 Å². The predicted molar refractivity (Wildman–Crippen MR) is 51.8 cm³/mol. The topological polar surface area (TPSA) is 80.4 Å². The molecule has 76 valence electrons. The summed E-state index contributed by atoms with van der Waals surface area (Å²) in [5.74, 6) is -1.17. The number of nitro benzene ring substituents is 1. The van der Waals surface area contributed by atoms with E-state index < -0.39 is 10.9 Å². The van der Waals surface area contributed by atoms with Gasteiger partial charge in [-0.15, -0.1) is 11.6 Å². The zero-order valence-corrected chi connectivity index (χ0v) is 8.06. The van der Waals surface area contributed by atoms with Crippen molar-refractivity contribution in [3.05, 3.63) is 39.9 Å². The summed E-state index contributed by atoms with van der Waals surface area (Å²) in [6.07, 6.45) is 1.47. The van der Waals surface area contributed by atoms with Gasteiger partial charge in [0, 0.05) is 18.5 Å². The van der Waals surface area contributed by atoms with Crippen molar-refractivity contribution in [3.8, 4) is 0 Å². The Morgan fingerprint density at radius 2 is 2.07 bits per heavy atom. The lowest BCUT2D eigenvalue weighted by molar-refractivity contribution is -0.384. The molecule has 0 fully saturated rings. The highest BCUT2D eigenvalue weighted by Crippen LogP contribution is 2.12. The maximum Gasteiger partial charge on any atom is 0.335 e. The van der Waals surface area contributed by atoms with Gasteiger partial charge in [0.25, 0.3) is 5.69 Å². The molecule has 5 nitrogen and oxygen atoms in total. The van der Waals surface area contributed by atoms with Gasteiger partial charge in [0.1, 0.15) is 0 Å². The highest BCUT2D eigenvalue weighted by atomic mass is 35.5. The van der Waals surface area contributed by atoms with Crippen molar-refractivity contribution in [2.45, 2.75) is 0 Å². The van der Waals surface area contributed by atoms with Crippen LogP contribution in [0.25, 0.3) is 0 Å². The molecule has 0 aliphatic heterocycles. The molecule has 1 N–H and O–H groups in total. The third kappa shape index (κ3) is 3.40. The van der Waals surface area contributed by atoms with Gasteiger partial charge in [-0.3, -0.25) is 10.1 Å². The molecule has 1 rings (SSSR count). The molecule has 0 spiro atoms. The first-order chi connectivity index (χ1) is 6.61. The van der Waals surface area contributed by atoms with Gasteiger partial charge < -0.3 is 5.11 Å². The maximum absolute atomic E-state index is 10.4. The lowest BCUT2D eigenvalue weighted by Gasteiger charge is -1.92. The molecule has 1 aromatic rings. The summed E-state index contributed by atoms with van der Waals surface area (Å²) in [5.41, 5.74) is -0.292. The summed E-state index contributed by atoms with van der Waals surface area (Å²) < 4.78 is 0.